The molecule has 2 amide bonds. The van der Waals surface area contributed by atoms with Gasteiger partial charge in [-0.1, -0.05) is 36.6 Å². The third-order valence-corrected chi connectivity index (χ3v) is 5.93. The molecule has 6 nitrogen and oxygen atoms in total. The van der Waals surface area contributed by atoms with Crippen LogP contribution in [0, 0.1) is 18.8 Å². The Morgan fingerprint density at radius 1 is 1.18 bits per heavy atom. The Kier molecular flexibility index (Phi) is 5.06. The van der Waals surface area contributed by atoms with Crippen molar-refractivity contribution in [2.75, 3.05) is 6.54 Å². The number of esters is 1. The van der Waals surface area contributed by atoms with Crippen LogP contribution in [-0.4, -0.2) is 34.2 Å². The molecule has 2 aliphatic rings. The first-order valence-corrected chi connectivity index (χ1v) is 9.88. The highest BCUT2D eigenvalue weighted by Gasteiger charge is 2.48. The van der Waals surface area contributed by atoms with Gasteiger partial charge < -0.3 is 4.74 Å². The van der Waals surface area contributed by atoms with Crippen molar-refractivity contribution in [2.45, 2.75) is 39.2 Å². The number of rotatable bonds is 4. The number of ether oxygens (including phenoxy) is 1. The molecule has 1 aromatic carbocycles. The Bertz CT molecular complexity index is 950. The SMILES string of the molecule is Cc1ccc2cc(COC(=O)CN3C(=O)[C@@H]4CCCC[C@H]4C3=O)c(Cl)nc2c1. The lowest BCUT2D eigenvalue weighted by Crippen LogP contribution is -2.36. The number of hydrogen-bond acceptors (Lipinski definition) is 5. The molecule has 0 N–H and O–H groups in total. The summed E-state index contributed by atoms with van der Waals surface area (Å²) in [4.78, 5) is 42.6. The van der Waals surface area contributed by atoms with Gasteiger partial charge in [0.15, 0.2) is 0 Å². The van der Waals surface area contributed by atoms with Gasteiger partial charge in [-0.3, -0.25) is 19.3 Å². The lowest BCUT2D eigenvalue weighted by molar-refractivity contribution is -0.153. The number of amides is 2. The summed E-state index contributed by atoms with van der Waals surface area (Å²) in [6, 6.07) is 7.67. The average molecular weight is 401 g/mol. The molecule has 1 saturated carbocycles. The van der Waals surface area contributed by atoms with Crippen molar-refractivity contribution in [3.05, 3.63) is 40.5 Å². The maximum absolute atomic E-state index is 12.5. The van der Waals surface area contributed by atoms with Crippen molar-refractivity contribution in [1.82, 2.24) is 9.88 Å². The van der Waals surface area contributed by atoms with Crippen LogP contribution < -0.4 is 0 Å². The van der Waals surface area contributed by atoms with Crippen LogP contribution in [0.2, 0.25) is 5.15 Å². The van der Waals surface area contributed by atoms with Gasteiger partial charge in [0.25, 0.3) is 0 Å². The minimum Gasteiger partial charge on any atom is -0.459 e. The number of fused-ring (bicyclic) bond motifs is 2. The number of carbonyl (C=O) groups is 3. The first-order chi connectivity index (χ1) is 13.4. The van der Waals surface area contributed by atoms with Crippen LogP contribution in [0.15, 0.2) is 24.3 Å². The van der Waals surface area contributed by atoms with Gasteiger partial charge in [0.05, 0.1) is 17.4 Å². The molecule has 2 aromatic rings. The first kappa shape index (κ1) is 18.9. The molecule has 1 aliphatic heterocycles. The standard InChI is InChI=1S/C21H21ClN2O4/c1-12-6-7-13-9-14(19(22)23-17(13)8-12)11-28-18(25)10-24-20(26)15-4-2-3-5-16(15)21(24)27/h6-9,15-16H,2-5,10-11H2,1H3/t15-,16-/m1/s1. The summed E-state index contributed by atoms with van der Waals surface area (Å²) < 4.78 is 5.28. The summed E-state index contributed by atoms with van der Waals surface area (Å²) in [5, 5.41) is 1.17. The maximum Gasteiger partial charge on any atom is 0.326 e. The Labute approximate surface area is 167 Å². The van der Waals surface area contributed by atoms with E-state index in [1.807, 2.05) is 31.2 Å². The second-order valence-electron chi connectivity index (χ2n) is 7.56. The summed E-state index contributed by atoms with van der Waals surface area (Å²) >= 11 is 6.22. The summed E-state index contributed by atoms with van der Waals surface area (Å²) in [5.74, 6) is -1.64. The molecule has 2 fully saturated rings. The monoisotopic (exact) mass is 400 g/mol. The summed E-state index contributed by atoms with van der Waals surface area (Å²) in [7, 11) is 0. The average Bonchev–Trinajstić information content (AvgIpc) is 2.91. The molecule has 7 heteroatoms. The van der Waals surface area contributed by atoms with E-state index in [0.29, 0.717) is 5.56 Å². The molecule has 2 heterocycles. The highest BCUT2D eigenvalue weighted by atomic mass is 35.5. The highest BCUT2D eigenvalue weighted by Crippen LogP contribution is 2.37. The van der Waals surface area contributed by atoms with E-state index in [1.54, 1.807) is 0 Å². The van der Waals surface area contributed by atoms with Crippen LogP contribution in [-0.2, 0) is 25.7 Å². The van der Waals surface area contributed by atoms with E-state index in [9.17, 15) is 14.4 Å². The van der Waals surface area contributed by atoms with Gasteiger partial charge in [0.2, 0.25) is 11.8 Å². The van der Waals surface area contributed by atoms with Gasteiger partial charge in [0.1, 0.15) is 18.3 Å². The molecule has 1 aromatic heterocycles. The van der Waals surface area contributed by atoms with Gasteiger partial charge >= 0.3 is 5.97 Å². The van der Waals surface area contributed by atoms with E-state index in [-0.39, 0.29) is 42.0 Å². The first-order valence-electron chi connectivity index (χ1n) is 9.50. The number of pyridine rings is 1. The molecule has 2 atom stereocenters. The minimum atomic E-state index is -0.625. The molecular formula is C21H21ClN2O4. The Balaban J connectivity index is 1.41. The third kappa shape index (κ3) is 3.49. The predicted octanol–water partition coefficient (Wildman–Crippen LogP) is 3.42. The molecule has 1 saturated heterocycles. The van der Waals surface area contributed by atoms with E-state index in [4.69, 9.17) is 16.3 Å². The molecule has 4 rings (SSSR count). The van der Waals surface area contributed by atoms with Crippen molar-refractivity contribution in [3.8, 4) is 0 Å². The number of benzene rings is 1. The van der Waals surface area contributed by atoms with Crippen LogP contribution >= 0.6 is 11.6 Å². The molecule has 0 spiro atoms. The van der Waals surface area contributed by atoms with Gasteiger partial charge in [-0.25, -0.2) is 4.98 Å². The number of nitrogens with zero attached hydrogens (tertiary/aromatic N) is 2. The van der Waals surface area contributed by atoms with Gasteiger partial charge in [-0.2, -0.15) is 0 Å². The number of likely N-dealkylation sites (tertiary alicyclic amines) is 1. The molecule has 0 unspecified atom stereocenters. The summed E-state index contributed by atoms with van der Waals surface area (Å²) in [6.07, 6.45) is 3.34. The summed E-state index contributed by atoms with van der Waals surface area (Å²) in [6.45, 7) is 1.57. The number of halogens is 1. The third-order valence-electron chi connectivity index (χ3n) is 5.61. The molecular weight excluding hydrogens is 380 g/mol. The Morgan fingerprint density at radius 2 is 1.86 bits per heavy atom. The van der Waals surface area contributed by atoms with Crippen molar-refractivity contribution in [2.24, 2.45) is 11.8 Å². The zero-order valence-corrected chi connectivity index (χ0v) is 16.4. The van der Waals surface area contributed by atoms with Gasteiger partial charge in [-0.05, 0) is 37.5 Å². The second-order valence-corrected chi connectivity index (χ2v) is 7.91. The molecule has 28 heavy (non-hydrogen) atoms. The van der Waals surface area contributed by atoms with E-state index in [0.717, 1.165) is 47.0 Å². The quantitative estimate of drug-likeness (QED) is 0.446. The Morgan fingerprint density at radius 3 is 2.54 bits per heavy atom. The molecule has 0 radical (unpaired) electrons. The zero-order chi connectivity index (χ0) is 19.8. The summed E-state index contributed by atoms with van der Waals surface area (Å²) in [5.41, 5.74) is 2.44. The van der Waals surface area contributed by atoms with E-state index in [2.05, 4.69) is 4.98 Å². The van der Waals surface area contributed by atoms with Crippen molar-refractivity contribution >= 4 is 40.3 Å². The van der Waals surface area contributed by atoms with Crippen LogP contribution in [0.1, 0.15) is 36.8 Å². The van der Waals surface area contributed by atoms with E-state index >= 15 is 0 Å². The van der Waals surface area contributed by atoms with E-state index in [1.165, 1.54) is 0 Å². The molecule has 0 bridgehead atoms. The predicted molar refractivity (Wildman–Crippen MR) is 103 cm³/mol. The minimum absolute atomic E-state index is 0.0580. The van der Waals surface area contributed by atoms with Gasteiger partial charge in [0, 0.05) is 10.9 Å². The van der Waals surface area contributed by atoms with Gasteiger partial charge in [-0.15, -0.1) is 0 Å². The normalized spacial score (nSPS) is 21.9. The van der Waals surface area contributed by atoms with Crippen molar-refractivity contribution in [1.29, 1.82) is 0 Å². The van der Waals surface area contributed by atoms with Crippen molar-refractivity contribution in [3.63, 3.8) is 0 Å². The number of aromatic nitrogens is 1. The highest BCUT2D eigenvalue weighted by molar-refractivity contribution is 6.30. The van der Waals surface area contributed by atoms with Crippen LogP contribution in [0.25, 0.3) is 10.9 Å². The lowest BCUT2D eigenvalue weighted by atomic mass is 9.81. The maximum atomic E-state index is 12.5. The fourth-order valence-electron chi connectivity index (χ4n) is 4.12. The molecule has 1 aliphatic carbocycles. The van der Waals surface area contributed by atoms with E-state index < -0.39 is 5.97 Å². The topological polar surface area (TPSA) is 76.6 Å². The number of carbonyl (C=O) groups excluding carboxylic acids is 3. The fraction of sp³-hybridized carbons (Fsp3) is 0.429. The van der Waals surface area contributed by atoms with Crippen molar-refractivity contribution < 1.29 is 19.1 Å². The molecule has 146 valence electrons. The smallest absolute Gasteiger partial charge is 0.326 e. The largest absolute Gasteiger partial charge is 0.459 e. The fourth-order valence-corrected chi connectivity index (χ4v) is 4.32. The number of hydrogen-bond donors (Lipinski definition) is 0. The van der Waals surface area contributed by atoms with Crippen LogP contribution in [0.4, 0.5) is 0 Å². The lowest BCUT2D eigenvalue weighted by Gasteiger charge is -2.19. The second kappa shape index (κ2) is 7.51. The number of aryl methyl sites for hydroxylation is 1. The zero-order valence-electron chi connectivity index (χ0n) is 15.6. The van der Waals surface area contributed by atoms with Crippen LogP contribution in [0.5, 0.6) is 0 Å². The Hall–Kier alpha value is -2.47. The number of imide groups is 1. The van der Waals surface area contributed by atoms with Crippen LogP contribution in [0.3, 0.4) is 0 Å².